The maximum Gasteiger partial charge on any atom is 0.240 e. The summed E-state index contributed by atoms with van der Waals surface area (Å²) in [7, 11) is 0. The first kappa shape index (κ1) is 15.7. The summed E-state index contributed by atoms with van der Waals surface area (Å²) in [4.78, 5) is 11.5. The van der Waals surface area contributed by atoms with Gasteiger partial charge in [-0.15, -0.1) is 0 Å². The normalized spacial score (nSPS) is 11.7. The molecule has 106 valence electrons. The molecule has 1 aromatic rings. The van der Waals surface area contributed by atoms with Gasteiger partial charge in [-0.05, 0) is 25.6 Å². The van der Waals surface area contributed by atoms with Crippen molar-refractivity contribution in [2.75, 3.05) is 0 Å². The van der Waals surface area contributed by atoms with Gasteiger partial charge in [0.2, 0.25) is 5.91 Å². The van der Waals surface area contributed by atoms with E-state index >= 15 is 0 Å². The van der Waals surface area contributed by atoms with E-state index in [1.54, 1.807) is 10.9 Å². The SMILES string of the molecule is CC[C@@H](C)NC(=S)NNC(=O)CCn1cc(Cl)cn1. The van der Waals surface area contributed by atoms with E-state index in [2.05, 4.69) is 21.3 Å². The molecular formula is C11H18ClN5OS. The third-order valence-electron chi connectivity index (χ3n) is 2.48. The Balaban J connectivity index is 2.19. The smallest absolute Gasteiger partial charge is 0.240 e. The molecular weight excluding hydrogens is 286 g/mol. The maximum absolute atomic E-state index is 11.5. The van der Waals surface area contributed by atoms with E-state index in [-0.39, 0.29) is 18.4 Å². The van der Waals surface area contributed by atoms with Gasteiger partial charge in [-0.2, -0.15) is 5.10 Å². The molecule has 1 atom stereocenters. The van der Waals surface area contributed by atoms with Crippen molar-refractivity contribution in [1.29, 1.82) is 0 Å². The number of nitrogens with zero attached hydrogens (tertiary/aromatic N) is 2. The predicted octanol–water partition coefficient (Wildman–Crippen LogP) is 1.22. The maximum atomic E-state index is 11.5. The van der Waals surface area contributed by atoms with Crippen molar-refractivity contribution in [3.63, 3.8) is 0 Å². The zero-order valence-electron chi connectivity index (χ0n) is 10.9. The third kappa shape index (κ3) is 6.40. The summed E-state index contributed by atoms with van der Waals surface area (Å²) >= 11 is 10.7. The average molecular weight is 304 g/mol. The Kier molecular flexibility index (Phi) is 6.58. The summed E-state index contributed by atoms with van der Waals surface area (Å²) in [6.07, 6.45) is 4.44. The molecule has 0 spiro atoms. The fourth-order valence-electron chi connectivity index (χ4n) is 1.23. The number of hydrogen-bond donors (Lipinski definition) is 3. The molecule has 3 N–H and O–H groups in total. The Hall–Kier alpha value is -1.34. The molecule has 0 aliphatic carbocycles. The van der Waals surface area contributed by atoms with Crippen molar-refractivity contribution < 1.29 is 4.79 Å². The van der Waals surface area contributed by atoms with Crippen LogP contribution in [0.15, 0.2) is 12.4 Å². The number of rotatable bonds is 5. The number of aryl methyl sites for hydroxylation is 1. The molecule has 1 rings (SSSR count). The van der Waals surface area contributed by atoms with Gasteiger partial charge < -0.3 is 5.32 Å². The second kappa shape index (κ2) is 7.96. The molecule has 1 heterocycles. The molecule has 6 nitrogen and oxygen atoms in total. The lowest BCUT2D eigenvalue weighted by molar-refractivity contribution is -0.121. The number of nitrogens with one attached hydrogen (secondary N) is 3. The largest absolute Gasteiger partial charge is 0.359 e. The van der Waals surface area contributed by atoms with Crippen molar-refractivity contribution in [3.8, 4) is 0 Å². The molecule has 0 radical (unpaired) electrons. The quantitative estimate of drug-likeness (QED) is 0.563. The van der Waals surface area contributed by atoms with Crippen LogP contribution in [0.5, 0.6) is 0 Å². The molecule has 0 aliphatic heterocycles. The standard InChI is InChI=1S/C11H18ClN5OS/c1-3-8(2)14-11(19)16-15-10(18)4-5-17-7-9(12)6-13-17/h6-8H,3-5H2,1-2H3,(H,15,18)(H2,14,16,19)/t8-/m1/s1. The van der Waals surface area contributed by atoms with Crippen molar-refractivity contribution in [2.45, 2.75) is 39.3 Å². The average Bonchev–Trinajstić information content (AvgIpc) is 2.79. The molecule has 8 heteroatoms. The Morgan fingerprint density at radius 1 is 1.58 bits per heavy atom. The van der Waals surface area contributed by atoms with E-state index in [9.17, 15) is 4.79 Å². The molecule has 0 aromatic carbocycles. The van der Waals surface area contributed by atoms with Gasteiger partial charge in [0.25, 0.3) is 0 Å². The van der Waals surface area contributed by atoms with Gasteiger partial charge in [-0.1, -0.05) is 18.5 Å². The van der Waals surface area contributed by atoms with E-state index < -0.39 is 0 Å². The minimum absolute atomic E-state index is 0.167. The number of halogens is 1. The summed E-state index contributed by atoms with van der Waals surface area (Å²) in [5.41, 5.74) is 5.18. The summed E-state index contributed by atoms with van der Waals surface area (Å²) < 4.78 is 1.61. The van der Waals surface area contributed by atoms with Crippen molar-refractivity contribution >= 4 is 34.8 Å². The van der Waals surface area contributed by atoms with Crippen LogP contribution < -0.4 is 16.2 Å². The fraction of sp³-hybridized carbons (Fsp3) is 0.545. The van der Waals surface area contributed by atoms with Crippen LogP contribution in [0.4, 0.5) is 0 Å². The lowest BCUT2D eigenvalue weighted by Crippen LogP contribution is -2.49. The van der Waals surface area contributed by atoms with Crippen LogP contribution in [0, 0.1) is 0 Å². The Labute approximate surface area is 122 Å². The highest BCUT2D eigenvalue weighted by atomic mass is 35.5. The van der Waals surface area contributed by atoms with E-state index in [4.69, 9.17) is 23.8 Å². The summed E-state index contributed by atoms with van der Waals surface area (Å²) in [5, 5.41) is 7.97. The number of aromatic nitrogens is 2. The van der Waals surface area contributed by atoms with Gasteiger partial charge in [0.1, 0.15) is 0 Å². The topological polar surface area (TPSA) is 71.0 Å². The van der Waals surface area contributed by atoms with Gasteiger partial charge in [0, 0.05) is 25.2 Å². The highest BCUT2D eigenvalue weighted by Gasteiger charge is 2.05. The van der Waals surface area contributed by atoms with Crippen LogP contribution in [0.1, 0.15) is 26.7 Å². The highest BCUT2D eigenvalue weighted by Crippen LogP contribution is 2.04. The Morgan fingerprint density at radius 2 is 2.32 bits per heavy atom. The van der Waals surface area contributed by atoms with E-state index in [0.717, 1.165) is 6.42 Å². The fourth-order valence-corrected chi connectivity index (χ4v) is 1.64. The second-order valence-electron chi connectivity index (χ2n) is 4.13. The van der Waals surface area contributed by atoms with Crippen LogP contribution in [0.2, 0.25) is 5.02 Å². The minimum Gasteiger partial charge on any atom is -0.359 e. The van der Waals surface area contributed by atoms with E-state index in [0.29, 0.717) is 16.7 Å². The number of hydrazine groups is 1. The monoisotopic (exact) mass is 303 g/mol. The van der Waals surface area contributed by atoms with E-state index in [1.807, 2.05) is 13.8 Å². The van der Waals surface area contributed by atoms with Crippen LogP contribution in [-0.2, 0) is 11.3 Å². The Morgan fingerprint density at radius 3 is 2.89 bits per heavy atom. The third-order valence-corrected chi connectivity index (χ3v) is 2.89. The molecule has 0 saturated carbocycles. The number of amides is 1. The van der Waals surface area contributed by atoms with Crippen molar-refractivity contribution in [1.82, 2.24) is 25.9 Å². The number of thiocarbonyl (C=S) groups is 1. The molecule has 1 amide bonds. The molecule has 19 heavy (non-hydrogen) atoms. The lowest BCUT2D eigenvalue weighted by atomic mass is 10.3. The summed E-state index contributed by atoms with van der Waals surface area (Å²) in [6.45, 7) is 4.52. The van der Waals surface area contributed by atoms with Gasteiger partial charge in [-0.25, -0.2) is 0 Å². The zero-order valence-corrected chi connectivity index (χ0v) is 12.5. The van der Waals surface area contributed by atoms with Gasteiger partial charge in [-0.3, -0.25) is 20.3 Å². The molecule has 0 saturated heterocycles. The second-order valence-corrected chi connectivity index (χ2v) is 4.97. The molecule has 0 unspecified atom stereocenters. The van der Waals surface area contributed by atoms with Gasteiger partial charge in [0.15, 0.2) is 5.11 Å². The first-order valence-corrected chi connectivity index (χ1v) is 6.83. The van der Waals surface area contributed by atoms with Crippen LogP contribution in [-0.4, -0.2) is 26.8 Å². The molecule has 0 aliphatic rings. The van der Waals surface area contributed by atoms with Crippen molar-refractivity contribution in [2.24, 2.45) is 0 Å². The predicted molar refractivity (Wildman–Crippen MR) is 78.6 cm³/mol. The number of hydrogen-bond acceptors (Lipinski definition) is 3. The molecule has 0 fully saturated rings. The Bertz CT molecular complexity index is 436. The lowest BCUT2D eigenvalue weighted by Gasteiger charge is -2.15. The van der Waals surface area contributed by atoms with E-state index in [1.165, 1.54) is 6.20 Å². The summed E-state index contributed by atoms with van der Waals surface area (Å²) in [5.74, 6) is -0.167. The highest BCUT2D eigenvalue weighted by molar-refractivity contribution is 7.80. The number of carbonyl (C=O) groups is 1. The minimum atomic E-state index is -0.167. The van der Waals surface area contributed by atoms with Crippen molar-refractivity contribution in [3.05, 3.63) is 17.4 Å². The molecule has 1 aromatic heterocycles. The zero-order chi connectivity index (χ0) is 14.3. The van der Waals surface area contributed by atoms with Gasteiger partial charge in [0.05, 0.1) is 11.2 Å². The van der Waals surface area contributed by atoms with Crippen LogP contribution >= 0.6 is 23.8 Å². The van der Waals surface area contributed by atoms with Crippen LogP contribution in [0.25, 0.3) is 0 Å². The molecule has 0 bridgehead atoms. The first-order chi connectivity index (χ1) is 9.01. The van der Waals surface area contributed by atoms with Gasteiger partial charge >= 0.3 is 0 Å². The number of carbonyl (C=O) groups excluding carboxylic acids is 1. The summed E-state index contributed by atoms with van der Waals surface area (Å²) in [6, 6.07) is 0.267. The first-order valence-electron chi connectivity index (χ1n) is 6.04. The van der Waals surface area contributed by atoms with Crippen LogP contribution in [0.3, 0.4) is 0 Å².